The van der Waals surface area contributed by atoms with E-state index in [0.717, 1.165) is 4.90 Å². The lowest BCUT2D eigenvalue weighted by atomic mass is 9.92. The second kappa shape index (κ2) is 9.80. The number of benzene rings is 2. The lowest BCUT2D eigenvalue weighted by molar-refractivity contribution is -0.134. The Hall–Kier alpha value is -4.47. The van der Waals surface area contributed by atoms with E-state index in [1.165, 1.54) is 37.5 Å². The van der Waals surface area contributed by atoms with Gasteiger partial charge in [0.05, 0.1) is 12.8 Å². The number of rotatable bonds is 8. The molecule has 2 heterocycles. The minimum atomic E-state index is -1.40. The summed E-state index contributed by atoms with van der Waals surface area (Å²) in [6.07, 6.45) is 1.52. The van der Waals surface area contributed by atoms with Crippen molar-refractivity contribution in [1.29, 1.82) is 0 Å². The van der Waals surface area contributed by atoms with E-state index in [-0.39, 0.29) is 19.0 Å². The monoisotopic (exact) mass is 478 g/mol. The largest absolute Gasteiger partial charge is 0.467 e. The molecule has 3 N–H and O–H groups in total. The second-order valence-electron chi connectivity index (χ2n) is 8.19. The number of furan rings is 1. The number of nitrogens with zero attached hydrogens (tertiary/aromatic N) is 1. The molecule has 1 aliphatic rings. The molecule has 180 valence electrons. The van der Waals surface area contributed by atoms with Gasteiger partial charge in [0.15, 0.2) is 0 Å². The lowest BCUT2D eigenvalue weighted by Gasteiger charge is -2.22. The Bertz CT molecular complexity index is 1260. The molecule has 10 heteroatoms. The average molecular weight is 478 g/mol. The molecule has 4 rings (SSSR count). The van der Waals surface area contributed by atoms with E-state index in [1.807, 2.05) is 0 Å². The van der Waals surface area contributed by atoms with Crippen LogP contribution in [0.5, 0.6) is 0 Å². The summed E-state index contributed by atoms with van der Waals surface area (Å²) < 4.78 is 18.4. The predicted molar refractivity (Wildman–Crippen MR) is 122 cm³/mol. The Morgan fingerprint density at radius 2 is 1.80 bits per heavy atom. The van der Waals surface area contributed by atoms with E-state index in [2.05, 4.69) is 16.0 Å². The SMILES string of the molecule is CC1(c2ccc(F)cc2)NC(=O)N(CC(=O)NCc2cccc(C(=O)NCc3ccco3)c2)C1=O. The lowest BCUT2D eigenvalue weighted by Crippen LogP contribution is -2.43. The van der Waals surface area contributed by atoms with E-state index < -0.39 is 35.7 Å². The number of imide groups is 1. The zero-order chi connectivity index (χ0) is 25.0. The first-order valence-corrected chi connectivity index (χ1v) is 10.8. The van der Waals surface area contributed by atoms with Crippen molar-refractivity contribution < 1.29 is 28.0 Å². The van der Waals surface area contributed by atoms with Crippen LogP contribution >= 0.6 is 0 Å². The summed E-state index contributed by atoms with van der Waals surface area (Å²) in [5, 5.41) is 7.97. The van der Waals surface area contributed by atoms with Crippen LogP contribution in [0, 0.1) is 5.82 Å². The molecule has 0 aliphatic carbocycles. The van der Waals surface area contributed by atoms with E-state index in [0.29, 0.717) is 22.5 Å². The van der Waals surface area contributed by atoms with Crippen LogP contribution in [0.15, 0.2) is 71.3 Å². The summed E-state index contributed by atoms with van der Waals surface area (Å²) in [4.78, 5) is 51.0. The van der Waals surface area contributed by atoms with E-state index in [4.69, 9.17) is 4.42 Å². The van der Waals surface area contributed by atoms with Crippen LogP contribution in [0.25, 0.3) is 0 Å². The van der Waals surface area contributed by atoms with Crippen LogP contribution < -0.4 is 16.0 Å². The Labute approximate surface area is 200 Å². The van der Waals surface area contributed by atoms with Crippen LogP contribution in [0.3, 0.4) is 0 Å². The summed E-state index contributed by atoms with van der Waals surface area (Å²) in [5.41, 5.74) is 0.0784. The third-order valence-electron chi connectivity index (χ3n) is 5.68. The quantitative estimate of drug-likeness (QED) is 0.430. The fourth-order valence-electron chi connectivity index (χ4n) is 3.72. The Kier molecular flexibility index (Phi) is 6.63. The number of hydrogen-bond acceptors (Lipinski definition) is 5. The number of carbonyl (C=O) groups is 4. The highest BCUT2D eigenvalue weighted by molar-refractivity contribution is 6.09. The normalized spacial score (nSPS) is 17.3. The molecule has 9 nitrogen and oxygen atoms in total. The summed E-state index contributed by atoms with van der Waals surface area (Å²) in [6.45, 7) is 1.36. The molecule has 1 unspecified atom stereocenters. The van der Waals surface area contributed by atoms with Crippen LogP contribution in [0.2, 0.25) is 0 Å². The van der Waals surface area contributed by atoms with Crippen molar-refractivity contribution in [1.82, 2.24) is 20.9 Å². The molecular formula is C25H23FN4O5. The standard InChI is InChI=1S/C25H23FN4O5/c1-25(18-7-9-19(26)10-8-18)23(33)30(24(34)29-25)15-21(31)27-13-16-4-2-5-17(12-16)22(32)28-14-20-6-3-11-35-20/h2-12H,13-15H2,1H3,(H,27,31)(H,28,32)(H,29,34). The van der Waals surface area contributed by atoms with Crippen molar-refractivity contribution in [2.45, 2.75) is 25.6 Å². The number of urea groups is 1. The highest BCUT2D eigenvalue weighted by Crippen LogP contribution is 2.28. The fourth-order valence-corrected chi connectivity index (χ4v) is 3.72. The van der Waals surface area contributed by atoms with Gasteiger partial charge in [0.1, 0.15) is 23.7 Å². The van der Waals surface area contributed by atoms with E-state index in [1.54, 1.807) is 36.4 Å². The molecule has 1 fully saturated rings. The maximum absolute atomic E-state index is 13.2. The topological polar surface area (TPSA) is 121 Å². The van der Waals surface area contributed by atoms with Crippen molar-refractivity contribution in [2.24, 2.45) is 0 Å². The van der Waals surface area contributed by atoms with E-state index >= 15 is 0 Å². The van der Waals surface area contributed by atoms with Gasteiger partial charge in [-0.2, -0.15) is 0 Å². The minimum absolute atomic E-state index is 0.0943. The zero-order valence-corrected chi connectivity index (χ0v) is 18.8. The van der Waals surface area contributed by atoms with Gasteiger partial charge < -0.3 is 20.4 Å². The van der Waals surface area contributed by atoms with Gasteiger partial charge in [-0.05, 0) is 54.4 Å². The van der Waals surface area contributed by atoms with Gasteiger partial charge in [-0.1, -0.05) is 24.3 Å². The Morgan fingerprint density at radius 3 is 2.51 bits per heavy atom. The number of hydrogen-bond donors (Lipinski definition) is 3. The van der Waals surface area contributed by atoms with Crippen LogP contribution in [0.1, 0.15) is 34.2 Å². The summed E-state index contributed by atoms with van der Waals surface area (Å²) in [6, 6.07) is 14.7. The Morgan fingerprint density at radius 1 is 1.03 bits per heavy atom. The fraction of sp³-hybridized carbons (Fsp3) is 0.200. The molecule has 1 saturated heterocycles. The Balaban J connectivity index is 1.33. The molecule has 1 aliphatic heterocycles. The molecular weight excluding hydrogens is 455 g/mol. The molecule has 1 aromatic heterocycles. The van der Waals surface area contributed by atoms with Gasteiger partial charge in [0.2, 0.25) is 5.91 Å². The van der Waals surface area contributed by atoms with E-state index in [9.17, 15) is 23.6 Å². The van der Waals surface area contributed by atoms with Gasteiger partial charge in [-0.15, -0.1) is 0 Å². The number of halogens is 1. The van der Waals surface area contributed by atoms with Crippen molar-refractivity contribution in [3.8, 4) is 0 Å². The van der Waals surface area contributed by atoms with Gasteiger partial charge in [-0.25, -0.2) is 9.18 Å². The smallest absolute Gasteiger partial charge is 0.325 e. The molecule has 2 aromatic carbocycles. The minimum Gasteiger partial charge on any atom is -0.467 e. The van der Waals surface area contributed by atoms with Crippen LogP contribution in [0.4, 0.5) is 9.18 Å². The molecule has 1 atom stereocenters. The maximum atomic E-state index is 13.2. The van der Waals surface area contributed by atoms with Crippen LogP contribution in [-0.2, 0) is 28.2 Å². The summed E-state index contributed by atoms with van der Waals surface area (Å²) in [5.74, 6) is -1.31. The number of carbonyl (C=O) groups excluding carboxylic acids is 4. The maximum Gasteiger partial charge on any atom is 0.325 e. The summed E-state index contributed by atoms with van der Waals surface area (Å²) >= 11 is 0. The molecule has 35 heavy (non-hydrogen) atoms. The van der Waals surface area contributed by atoms with Gasteiger partial charge in [0.25, 0.3) is 11.8 Å². The average Bonchev–Trinajstić information content (AvgIpc) is 3.45. The van der Waals surface area contributed by atoms with Crippen molar-refractivity contribution in [3.63, 3.8) is 0 Å². The van der Waals surface area contributed by atoms with Gasteiger partial charge >= 0.3 is 6.03 Å². The first-order valence-electron chi connectivity index (χ1n) is 10.8. The van der Waals surface area contributed by atoms with Crippen molar-refractivity contribution >= 4 is 23.8 Å². The zero-order valence-electron chi connectivity index (χ0n) is 18.8. The number of amides is 5. The first kappa shape index (κ1) is 23.7. The highest BCUT2D eigenvalue weighted by Gasteiger charge is 2.49. The third-order valence-corrected chi connectivity index (χ3v) is 5.68. The molecule has 5 amide bonds. The molecule has 0 saturated carbocycles. The van der Waals surface area contributed by atoms with Gasteiger partial charge in [-0.3, -0.25) is 19.3 Å². The molecule has 0 spiro atoms. The van der Waals surface area contributed by atoms with Crippen molar-refractivity contribution in [3.05, 3.63) is 95.2 Å². The van der Waals surface area contributed by atoms with Gasteiger partial charge in [0, 0.05) is 12.1 Å². The molecule has 0 bridgehead atoms. The molecule has 3 aromatic rings. The first-order chi connectivity index (χ1) is 16.8. The second-order valence-corrected chi connectivity index (χ2v) is 8.19. The van der Waals surface area contributed by atoms with Crippen molar-refractivity contribution in [2.75, 3.05) is 6.54 Å². The van der Waals surface area contributed by atoms with Crippen LogP contribution in [-0.4, -0.2) is 35.2 Å². The third kappa shape index (κ3) is 5.21. The summed E-state index contributed by atoms with van der Waals surface area (Å²) in [7, 11) is 0. The predicted octanol–water partition coefficient (Wildman–Crippen LogP) is 2.43. The highest BCUT2D eigenvalue weighted by atomic mass is 19.1. The molecule has 0 radical (unpaired) electrons. The number of nitrogens with one attached hydrogen (secondary N) is 3.